The molecular formula is C13H17N. The maximum Gasteiger partial charge on any atom is 0.0372 e. The number of nitrogens with one attached hydrogen (secondary N) is 1. The lowest BCUT2D eigenvalue weighted by Gasteiger charge is -2.26. The van der Waals surface area contributed by atoms with Crippen LogP contribution in [0, 0.1) is 11.8 Å². The first-order chi connectivity index (χ1) is 6.92. The second kappa shape index (κ2) is 3.30. The molecule has 0 bridgehead atoms. The highest BCUT2D eigenvalue weighted by Gasteiger charge is 2.27. The highest BCUT2D eigenvalue weighted by molar-refractivity contribution is 5.53. The van der Waals surface area contributed by atoms with E-state index in [9.17, 15) is 0 Å². The summed E-state index contributed by atoms with van der Waals surface area (Å²) < 4.78 is 0. The van der Waals surface area contributed by atoms with Gasteiger partial charge in [-0.05, 0) is 36.3 Å². The van der Waals surface area contributed by atoms with Gasteiger partial charge < -0.3 is 5.32 Å². The van der Waals surface area contributed by atoms with E-state index in [1.807, 2.05) is 0 Å². The summed E-state index contributed by atoms with van der Waals surface area (Å²) in [7, 11) is 0. The summed E-state index contributed by atoms with van der Waals surface area (Å²) in [4.78, 5) is 0. The SMILES string of the molecule is c1ccc2c(c1)CC(CC1CC1)CN2. The Balaban J connectivity index is 1.72. The third-order valence-corrected chi connectivity index (χ3v) is 3.47. The molecule has 0 amide bonds. The molecule has 3 rings (SSSR count). The van der Waals surface area contributed by atoms with Crippen LogP contribution in [0.2, 0.25) is 0 Å². The van der Waals surface area contributed by atoms with E-state index in [4.69, 9.17) is 0 Å². The van der Waals surface area contributed by atoms with Crippen LogP contribution in [0.1, 0.15) is 24.8 Å². The van der Waals surface area contributed by atoms with E-state index in [0.29, 0.717) is 0 Å². The Kier molecular flexibility index (Phi) is 1.97. The molecule has 1 aliphatic heterocycles. The van der Waals surface area contributed by atoms with E-state index in [2.05, 4.69) is 29.6 Å². The summed E-state index contributed by atoms with van der Waals surface area (Å²) in [5.41, 5.74) is 2.88. The molecule has 1 fully saturated rings. The van der Waals surface area contributed by atoms with E-state index >= 15 is 0 Å². The molecular weight excluding hydrogens is 170 g/mol. The molecule has 14 heavy (non-hydrogen) atoms. The minimum Gasteiger partial charge on any atom is -0.385 e. The summed E-state index contributed by atoms with van der Waals surface area (Å²) in [6, 6.07) is 8.73. The number of para-hydroxylation sites is 1. The molecule has 1 aliphatic carbocycles. The lowest BCUT2D eigenvalue weighted by atomic mass is 9.90. The minimum absolute atomic E-state index is 0.886. The van der Waals surface area contributed by atoms with Crippen molar-refractivity contribution in [2.24, 2.45) is 11.8 Å². The molecule has 1 nitrogen and oxygen atoms in total. The Morgan fingerprint density at radius 1 is 1.14 bits per heavy atom. The van der Waals surface area contributed by atoms with E-state index in [1.54, 1.807) is 0 Å². The second-order valence-electron chi connectivity index (χ2n) is 4.79. The van der Waals surface area contributed by atoms with Crippen molar-refractivity contribution < 1.29 is 0 Å². The normalized spacial score (nSPS) is 25.3. The highest BCUT2D eigenvalue weighted by atomic mass is 14.9. The summed E-state index contributed by atoms with van der Waals surface area (Å²) in [5.74, 6) is 1.95. The van der Waals surface area contributed by atoms with Crippen LogP contribution in [0.25, 0.3) is 0 Å². The van der Waals surface area contributed by atoms with E-state index in [-0.39, 0.29) is 0 Å². The van der Waals surface area contributed by atoms with Crippen molar-refractivity contribution in [3.8, 4) is 0 Å². The maximum absolute atomic E-state index is 3.55. The number of rotatable bonds is 2. The van der Waals surface area contributed by atoms with Crippen LogP contribution in [0.15, 0.2) is 24.3 Å². The Hall–Kier alpha value is -0.980. The maximum atomic E-state index is 3.55. The zero-order valence-electron chi connectivity index (χ0n) is 8.50. The molecule has 1 heteroatoms. The summed E-state index contributed by atoms with van der Waals surface area (Å²) in [6.45, 7) is 1.19. The van der Waals surface area contributed by atoms with Gasteiger partial charge in [-0.2, -0.15) is 0 Å². The smallest absolute Gasteiger partial charge is 0.0372 e. The predicted molar refractivity (Wildman–Crippen MR) is 59.5 cm³/mol. The molecule has 1 aromatic rings. The summed E-state index contributed by atoms with van der Waals surface area (Å²) in [5, 5.41) is 3.55. The van der Waals surface area contributed by atoms with Gasteiger partial charge >= 0.3 is 0 Å². The standard InChI is InChI=1S/C13H17N/c1-2-4-13-12(3-1)8-11(9-14-13)7-10-5-6-10/h1-4,10-11,14H,5-9H2. The van der Waals surface area contributed by atoms with Gasteiger partial charge in [0.1, 0.15) is 0 Å². The van der Waals surface area contributed by atoms with Crippen molar-refractivity contribution in [2.75, 3.05) is 11.9 Å². The van der Waals surface area contributed by atoms with Crippen molar-refractivity contribution in [2.45, 2.75) is 25.7 Å². The van der Waals surface area contributed by atoms with Crippen molar-refractivity contribution >= 4 is 5.69 Å². The monoisotopic (exact) mass is 187 g/mol. The van der Waals surface area contributed by atoms with Gasteiger partial charge in [0.15, 0.2) is 0 Å². The van der Waals surface area contributed by atoms with Crippen LogP contribution in [-0.2, 0) is 6.42 Å². The van der Waals surface area contributed by atoms with Gasteiger partial charge in [-0.1, -0.05) is 31.0 Å². The lowest BCUT2D eigenvalue weighted by Crippen LogP contribution is -2.23. The van der Waals surface area contributed by atoms with Crippen molar-refractivity contribution in [3.05, 3.63) is 29.8 Å². The van der Waals surface area contributed by atoms with E-state index in [1.165, 1.54) is 43.5 Å². The molecule has 1 saturated carbocycles. The molecule has 74 valence electrons. The zero-order valence-corrected chi connectivity index (χ0v) is 8.50. The van der Waals surface area contributed by atoms with Crippen LogP contribution >= 0.6 is 0 Å². The second-order valence-corrected chi connectivity index (χ2v) is 4.79. The Morgan fingerprint density at radius 3 is 2.86 bits per heavy atom. The highest BCUT2D eigenvalue weighted by Crippen LogP contribution is 2.38. The van der Waals surface area contributed by atoms with Crippen LogP contribution in [0.3, 0.4) is 0 Å². The van der Waals surface area contributed by atoms with Crippen molar-refractivity contribution in [3.63, 3.8) is 0 Å². The number of hydrogen-bond acceptors (Lipinski definition) is 1. The molecule has 1 atom stereocenters. The summed E-state index contributed by atoms with van der Waals surface area (Å²) >= 11 is 0. The molecule has 0 spiro atoms. The zero-order chi connectivity index (χ0) is 9.38. The third-order valence-electron chi connectivity index (χ3n) is 3.47. The van der Waals surface area contributed by atoms with Gasteiger partial charge in [-0.3, -0.25) is 0 Å². The van der Waals surface area contributed by atoms with Gasteiger partial charge in [0.25, 0.3) is 0 Å². The van der Waals surface area contributed by atoms with Gasteiger partial charge in [0.05, 0.1) is 0 Å². The predicted octanol–water partition coefficient (Wildman–Crippen LogP) is 3.07. The van der Waals surface area contributed by atoms with Crippen LogP contribution in [0.5, 0.6) is 0 Å². The molecule has 1 aromatic carbocycles. The van der Waals surface area contributed by atoms with E-state index in [0.717, 1.165) is 11.8 Å². The first kappa shape index (κ1) is 8.34. The topological polar surface area (TPSA) is 12.0 Å². The quantitative estimate of drug-likeness (QED) is 0.750. The third kappa shape index (κ3) is 1.63. The minimum atomic E-state index is 0.886. The summed E-state index contributed by atoms with van der Waals surface area (Å²) in [6.07, 6.45) is 5.71. The van der Waals surface area contributed by atoms with Crippen LogP contribution in [0.4, 0.5) is 5.69 Å². The van der Waals surface area contributed by atoms with Gasteiger partial charge in [-0.15, -0.1) is 0 Å². The fourth-order valence-electron chi connectivity index (χ4n) is 2.50. The average molecular weight is 187 g/mol. The number of benzene rings is 1. The molecule has 2 aliphatic rings. The number of anilines is 1. The van der Waals surface area contributed by atoms with Gasteiger partial charge in [0, 0.05) is 12.2 Å². The molecule has 1 N–H and O–H groups in total. The molecule has 1 unspecified atom stereocenters. The Bertz CT molecular complexity index is 328. The first-order valence-corrected chi connectivity index (χ1v) is 5.73. The fourth-order valence-corrected chi connectivity index (χ4v) is 2.50. The van der Waals surface area contributed by atoms with Crippen LogP contribution in [-0.4, -0.2) is 6.54 Å². The van der Waals surface area contributed by atoms with Crippen LogP contribution < -0.4 is 5.32 Å². The molecule has 1 heterocycles. The molecule has 0 saturated heterocycles. The van der Waals surface area contributed by atoms with Crippen molar-refractivity contribution in [1.82, 2.24) is 0 Å². The lowest BCUT2D eigenvalue weighted by molar-refractivity contribution is 0.465. The van der Waals surface area contributed by atoms with Gasteiger partial charge in [-0.25, -0.2) is 0 Å². The largest absolute Gasteiger partial charge is 0.385 e. The average Bonchev–Trinajstić information content (AvgIpc) is 3.02. The van der Waals surface area contributed by atoms with Crippen molar-refractivity contribution in [1.29, 1.82) is 0 Å². The Labute approximate surface area is 85.5 Å². The Morgan fingerprint density at radius 2 is 2.00 bits per heavy atom. The molecule has 0 radical (unpaired) electrons. The fraction of sp³-hybridized carbons (Fsp3) is 0.538. The number of fused-ring (bicyclic) bond motifs is 1. The van der Waals surface area contributed by atoms with E-state index < -0.39 is 0 Å². The van der Waals surface area contributed by atoms with Gasteiger partial charge in [0.2, 0.25) is 0 Å². The molecule has 0 aromatic heterocycles. The first-order valence-electron chi connectivity index (χ1n) is 5.73. The number of hydrogen-bond donors (Lipinski definition) is 1.